The minimum Gasteiger partial charge on any atom is -0.497 e. The summed E-state index contributed by atoms with van der Waals surface area (Å²) in [6, 6.07) is 7.57. The van der Waals surface area contributed by atoms with Crippen molar-refractivity contribution in [2.75, 3.05) is 13.7 Å². The fourth-order valence-electron chi connectivity index (χ4n) is 3.37. The van der Waals surface area contributed by atoms with Crippen molar-refractivity contribution in [1.29, 1.82) is 0 Å². The number of aliphatic hydroxyl groups excluding tert-OH is 1. The third kappa shape index (κ3) is 5.05. The van der Waals surface area contributed by atoms with E-state index >= 15 is 0 Å². The van der Waals surface area contributed by atoms with E-state index in [0.717, 1.165) is 36.3 Å². The van der Waals surface area contributed by atoms with Crippen LogP contribution in [0.15, 0.2) is 30.5 Å². The molecule has 8 heteroatoms. The molecule has 0 spiro atoms. The molecule has 3 atom stereocenters. The third-order valence-electron chi connectivity index (χ3n) is 4.77. The molecule has 2 N–H and O–H groups in total. The highest BCUT2D eigenvalue weighted by Crippen LogP contribution is 2.24. The topological polar surface area (TPSA) is 98.5 Å². The first-order valence-corrected chi connectivity index (χ1v) is 9.17. The fraction of sp³-hybridized carbons (Fsp3) is 0.526. The van der Waals surface area contributed by atoms with Gasteiger partial charge in [0, 0.05) is 19.0 Å². The molecule has 1 fully saturated rings. The summed E-state index contributed by atoms with van der Waals surface area (Å²) in [5.74, 6) is 0.676. The Hall–Kier alpha value is -2.45. The van der Waals surface area contributed by atoms with Crippen LogP contribution in [0.2, 0.25) is 0 Å². The Labute approximate surface area is 158 Å². The number of hydrogen-bond donors (Lipinski definition) is 2. The second kappa shape index (κ2) is 8.96. The van der Waals surface area contributed by atoms with Crippen molar-refractivity contribution in [3.8, 4) is 17.0 Å². The molecular weight excluding hydrogens is 348 g/mol. The van der Waals surface area contributed by atoms with Crippen molar-refractivity contribution < 1.29 is 19.4 Å². The van der Waals surface area contributed by atoms with Gasteiger partial charge in [0.2, 0.25) is 5.91 Å². The van der Waals surface area contributed by atoms with Crippen molar-refractivity contribution in [2.24, 2.45) is 0 Å². The van der Waals surface area contributed by atoms with Crippen molar-refractivity contribution in [1.82, 2.24) is 20.3 Å². The highest BCUT2D eigenvalue weighted by atomic mass is 16.5. The van der Waals surface area contributed by atoms with Crippen LogP contribution < -0.4 is 10.1 Å². The van der Waals surface area contributed by atoms with E-state index in [-0.39, 0.29) is 30.8 Å². The van der Waals surface area contributed by atoms with Crippen LogP contribution >= 0.6 is 0 Å². The Morgan fingerprint density at radius 1 is 1.44 bits per heavy atom. The number of nitrogens with zero attached hydrogens (tertiary/aromatic N) is 3. The van der Waals surface area contributed by atoms with Crippen molar-refractivity contribution in [3.05, 3.63) is 30.5 Å². The molecule has 1 amide bonds. The molecule has 146 valence electrons. The maximum atomic E-state index is 11.3. The number of nitrogens with one attached hydrogen (secondary N) is 1. The molecule has 1 aromatic carbocycles. The van der Waals surface area contributed by atoms with Crippen LogP contribution in [0.4, 0.5) is 0 Å². The van der Waals surface area contributed by atoms with E-state index in [1.165, 1.54) is 6.92 Å². The number of benzene rings is 1. The highest BCUT2D eigenvalue weighted by molar-refractivity contribution is 5.73. The molecule has 3 rings (SSSR count). The summed E-state index contributed by atoms with van der Waals surface area (Å²) in [5.41, 5.74) is 1.74. The van der Waals surface area contributed by atoms with Gasteiger partial charge in [-0.2, -0.15) is 0 Å². The lowest BCUT2D eigenvalue weighted by Gasteiger charge is -2.36. The molecular formula is C19H26N4O4. The van der Waals surface area contributed by atoms with Crippen molar-refractivity contribution in [2.45, 2.75) is 51.0 Å². The lowest BCUT2D eigenvalue weighted by atomic mass is 9.97. The summed E-state index contributed by atoms with van der Waals surface area (Å²) < 4.78 is 13.0. The van der Waals surface area contributed by atoms with Crippen LogP contribution in [-0.2, 0) is 16.1 Å². The van der Waals surface area contributed by atoms with Crippen molar-refractivity contribution in [3.63, 3.8) is 0 Å². The molecule has 1 aliphatic rings. The van der Waals surface area contributed by atoms with Crippen LogP contribution in [0.3, 0.4) is 0 Å². The first-order valence-electron chi connectivity index (χ1n) is 9.17. The van der Waals surface area contributed by atoms with Gasteiger partial charge in [-0.3, -0.25) is 9.48 Å². The number of hydrogen-bond acceptors (Lipinski definition) is 6. The number of rotatable bonds is 7. The van der Waals surface area contributed by atoms with Gasteiger partial charge in [-0.25, -0.2) is 0 Å². The number of carbonyl (C=O) groups is 1. The lowest BCUT2D eigenvalue weighted by Crippen LogP contribution is -2.50. The number of amides is 1. The molecule has 2 aromatic rings. The van der Waals surface area contributed by atoms with Gasteiger partial charge in [-0.1, -0.05) is 17.3 Å². The van der Waals surface area contributed by atoms with Crippen LogP contribution in [-0.4, -0.2) is 58.0 Å². The number of ether oxygens (including phenoxy) is 2. The molecule has 0 bridgehead atoms. The number of methoxy groups -OCH3 is 1. The van der Waals surface area contributed by atoms with Gasteiger partial charge in [0.25, 0.3) is 0 Å². The molecule has 1 saturated heterocycles. The smallest absolute Gasteiger partial charge is 0.217 e. The number of carbonyl (C=O) groups excluding carboxylic acids is 1. The summed E-state index contributed by atoms with van der Waals surface area (Å²) in [5, 5.41) is 20.8. The van der Waals surface area contributed by atoms with E-state index in [9.17, 15) is 9.90 Å². The minimum absolute atomic E-state index is 0.0247. The van der Waals surface area contributed by atoms with Crippen LogP contribution in [0, 0.1) is 0 Å². The largest absolute Gasteiger partial charge is 0.497 e. The number of aromatic nitrogens is 3. The van der Waals surface area contributed by atoms with E-state index in [2.05, 4.69) is 15.6 Å². The first-order chi connectivity index (χ1) is 13.1. The summed E-state index contributed by atoms with van der Waals surface area (Å²) in [7, 11) is 1.64. The van der Waals surface area contributed by atoms with Gasteiger partial charge in [0.15, 0.2) is 0 Å². The Kier molecular flexibility index (Phi) is 6.41. The highest BCUT2D eigenvalue weighted by Gasteiger charge is 2.31. The molecule has 8 nitrogen and oxygen atoms in total. The summed E-state index contributed by atoms with van der Waals surface area (Å²) in [6.07, 6.45) is 3.96. The Bertz CT molecular complexity index is 764. The minimum atomic E-state index is -0.365. The molecule has 0 aliphatic carbocycles. The molecule has 27 heavy (non-hydrogen) atoms. The van der Waals surface area contributed by atoms with Gasteiger partial charge in [0.05, 0.1) is 32.1 Å². The van der Waals surface area contributed by atoms with Gasteiger partial charge in [-0.15, -0.1) is 5.10 Å². The average molecular weight is 374 g/mol. The Balaban J connectivity index is 1.55. The number of aliphatic hydroxyl groups is 1. The summed E-state index contributed by atoms with van der Waals surface area (Å²) in [6.45, 7) is 2.04. The molecule has 0 unspecified atom stereocenters. The molecule has 0 radical (unpaired) electrons. The summed E-state index contributed by atoms with van der Waals surface area (Å²) >= 11 is 0. The van der Waals surface area contributed by atoms with Gasteiger partial charge in [0.1, 0.15) is 17.5 Å². The molecule has 0 saturated carbocycles. The maximum Gasteiger partial charge on any atom is 0.217 e. The Morgan fingerprint density at radius 2 is 2.30 bits per heavy atom. The van der Waals surface area contributed by atoms with Gasteiger partial charge in [-0.05, 0) is 31.4 Å². The fourth-order valence-corrected chi connectivity index (χ4v) is 3.37. The monoisotopic (exact) mass is 374 g/mol. The zero-order valence-electron chi connectivity index (χ0n) is 15.7. The predicted molar refractivity (Wildman–Crippen MR) is 99.2 cm³/mol. The normalized spacial score (nSPS) is 22.4. The standard InChI is InChI=1S/C19H26N4O4/c1-13(25)20-17-7-6-15(27-19(17)12-24)8-9-23-11-18(21-22-23)14-4-3-5-16(10-14)26-2/h3-5,10-11,15,17,19,24H,6-9,12H2,1-2H3,(H,20,25)/t15-,17-,19+/m1/s1. The predicted octanol–water partition coefficient (Wildman–Crippen LogP) is 1.39. The quantitative estimate of drug-likeness (QED) is 0.760. The van der Waals surface area contributed by atoms with E-state index in [1.807, 2.05) is 30.5 Å². The molecule has 1 aliphatic heterocycles. The van der Waals surface area contributed by atoms with Crippen LogP contribution in [0.25, 0.3) is 11.3 Å². The van der Waals surface area contributed by atoms with Gasteiger partial charge < -0.3 is 19.9 Å². The maximum absolute atomic E-state index is 11.3. The van der Waals surface area contributed by atoms with E-state index in [1.54, 1.807) is 11.8 Å². The third-order valence-corrected chi connectivity index (χ3v) is 4.77. The SMILES string of the molecule is COc1cccc(-c2cn(CC[C@H]3CC[C@@H](NC(C)=O)[C@H](CO)O3)nn2)c1. The van der Waals surface area contributed by atoms with Crippen LogP contribution in [0.1, 0.15) is 26.2 Å². The number of aryl methyl sites for hydroxylation is 1. The average Bonchev–Trinajstić information content (AvgIpc) is 3.16. The second-order valence-electron chi connectivity index (χ2n) is 6.75. The van der Waals surface area contributed by atoms with E-state index in [4.69, 9.17) is 9.47 Å². The second-order valence-corrected chi connectivity index (χ2v) is 6.75. The van der Waals surface area contributed by atoms with Crippen LogP contribution in [0.5, 0.6) is 5.75 Å². The zero-order chi connectivity index (χ0) is 19.2. The first kappa shape index (κ1) is 19.3. The van der Waals surface area contributed by atoms with Crippen molar-refractivity contribution >= 4 is 5.91 Å². The van der Waals surface area contributed by atoms with E-state index in [0.29, 0.717) is 6.54 Å². The molecule has 1 aromatic heterocycles. The Morgan fingerprint density at radius 3 is 3.04 bits per heavy atom. The van der Waals surface area contributed by atoms with Gasteiger partial charge >= 0.3 is 0 Å². The summed E-state index contributed by atoms with van der Waals surface area (Å²) in [4.78, 5) is 11.3. The van der Waals surface area contributed by atoms with E-state index < -0.39 is 0 Å². The zero-order valence-corrected chi connectivity index (χ0v) is 15.7. The molecule has 2 heterocycles. The lowest BCUT2D eigenvalue weighted by molar-refractivity contribution is -0.126.